The molecule has 168 valence electrons. The zero-order valence-corrected chi connectivity index (χ0v) is 18.4. The van der Waals surface area contributed by atoms with Gasteiger partial charge in [-0.25, -0.2) is 17.8 Å². The number of pyridine rings is 1. The van der Waals surface area contributed by atoms with Crippen LogP contribution in [-0.2, 0) is 17.1 Å². The molecule has 1 N–H and O–H groups in total. The molecule has 10 heteroatoms. The molecule has 1 saturated heterocycles. The quantitative estimate of drug-likeness (QED) is 0.614. The number of aromatic nitrogens is 3. The fourth-order valence-electron chi connectivity index (χ4n) is 3.96. The average Bonchev–Trinajstić information content (AvgIpc) is 3.25. The fourth-order valence-corrected chi connectivity index (χ4v) is 5.40. The first-order valence-corrected chi connectivity index (χ1v) is 11.7. The number of hydrogen-bond acceptors (Lipinski definition) is 5. The standard InChI is InChI=1S/C22H24FN5O3S/c1-27-14-20(25-15-27)32(30,31)28-12-9-16(10-13-28)21(19-8-4-5-11-24-19)26-22(29)17-6-2-3-7-18(17)23/h2-8,11,14-16,21H,9-10,12-13H2,1H3,(H,26,29). The fraction of sp³-hybridized carbons (Fsp3) is 0.318. The molecule has 32 heavy (non-hydrogen) atoms. The molecule has 0 aliphatic carbocycles. The van der Waals surface area contributed by atoms with Gasteiger partial charge in [0.25, 0.3) is 15.9 Å². The SMILES string of the molecule is Cn1cnc(S(=O)(=O)N2CCC(C(NC(=O)c3ccccc3F)c3ccccn3)CC2)c1. The molecule has 1 amide bonds. The van der Waals surface area contributed by atoms with Gasteiger partial charge in [0.05, 0.1) is 23.6 Å². The first-order valence-electron chi connectivity index (χ1n) is 10.3. The number of carbonyl (C=O) groups excluding carboxylic acids is 1. The van der Waals surface area contributed by atoms with Crippen LogP contribution in [0, 0.1) is 11.7 Å². The predicted molar refractivity (Wildman–Crippen MR) is 116 cm³/mol. The topological polar surface area (TPSA) is 97.2 Å². The summed E-state index contributed by atoms with van der Waals surface area (Å²) in [6.45, 7) is 0.588. The summed E-state index contributed by atoms with van der Waals surface area (Å²) in [7, 11) is -1.96. The molecule has 1 aromatic carbocycles. The van der Waals surface area contributed by atoms with Crippen molar-refractivity contribution in [1.82, 2.24) is 24.2 Å². The van der Waals surface area contributed by atoms with Gasteiger partial charge in [0.15, 0.2) is 5.03 Å². The van der Waals surface area contributed by atoms with Gasteiger partial charge in [-0.3, -0.25) is 9.78 Å². The lowest BCUT2D eigenvalue weighted by molar-refractivity contribution is 0.0901. The van der Waals surface area contributed by atoms with Gasteiger partial charge in [-0.05, 0) is 43.0 Å². The van der Waals surface area contributed by atoms with Gasteiger partial charge in [0.1, 0.15) is 5.82 Å². The van der Waals surface area contributed by atoms with E-state index in [9.17, 15) is 17.6 Å². The molecule has 2 aromatic heterocycles. The molecule has 1 aliphatic rings. The number of rotatable bonds is 6. The van der Waals surface area contributed by atoms with E-state index in [1.807, 2.05) is 12.1 Å². The third-order valence-electron chi connectivity index (χ3n) is 5.67. The Morgan fingerprint density at radius 3 is 2.47 bits per heavy atom. The summed E-state index contributed by atoms with van der Waals surface area (Å²) in [6, 6.07) is 10.8. The van der Waals surface area contributed by atoms with Crippen LogP contribution in [0.2, 0.25) is 0 Å². The number of aryl methyl sites for hydroxylation is 1. The maximum Gasteiger partial charge on any atom is 0.262 e. The number of carbonyl (C=O) groups is 1. The smallest absolute Gasteiger partial charge is 0.262 e. The van der Waals surface area contributed by atoms with Gasteiger partial charge in [-0.1, -0.05) is 18.2 Å². The van der Waals surface area contributed by atoms with Crippen molar-refractivity contribution in [3.05, 3.63) is 78.3 Å². The van der Waals surface area contributed by atoms with Gasteiger partial charge in [-0.2, -0.15) is 4.31 Å². The number of piperidine rings is 1. The molecule has 3 aromatic rings. The Morgan fingerprint density at radius 1 is 1.12 bits per heavy atom. The molecule has 1 fully saturated rings. The molecular weight excluding hydrogens is 433 g/mol. The monoisotopic (exact) mass is 457 g/mol. The zero-order chi connectivity index (χ0) is 22.7. The van der Waals surface area contributed by atoms with Gasteiger partial charge < -0.3 is 9.88 Å². The Bertz CT molecular complexity index is 1190. The second kappa shape index (κ2) is 9.17. The van der Waals surface area contributed by atoms with Crippen LogP contribution in [0.4, 0.5) is 4.39 Å². The van der Waals surface area contributed by atoms with Gasteiger partial charge in [0, 0.05) is 32.5 Å². The summed E-state index contributed by atoms with van der Waals surface area (Å²) in [4.78, 5) is 21.2. The molecule has 1 unspecified atom stereocenters. The van der Waals surface area contributed by atoms with Crippen LogP contribution in [0.1, 0.15) is 34.9 Å². The Kier molecular flexibility index (Phi) is 6.33. The van der Waals surface area contributed by atoms with E-state index >= 15 is 0 Å². The molecule has 0 spiro atoms. The van der Waals surface area contributed by atoms with E-state index in [4.69, 9.17) is 0 Å². The second-order valence-electron chi connectivity index (χ2n) is 7.80. The number of imidazole rings is 1. The number of sulfonamides is 1. The number of nitrogens with one attached hydrogen (secondary N) is 1. The summed E-state index contributed by atoms with van der Waals surface area (Å²) in [5, 5.41) is 2.94. The molecular formula is C22H24FN5O3S. The number of benzene rings is 1. The van der Waals surface area contributed by atoms with Crippen molar-refractivity contribution >= 4 is 15.9 Å². The largest absolute Gasteiger partial charge is 0.343 e. The maximum absolute atomic E-state index is 14.1. The summed E-state index contributed by atoms with van der Waals surface area (Å²) in [5.74, 6) is -1.18. The molecule has 3 heterocycles. The molecule has 0 bridgehead atoms. The van der Waals surface area contributed by atoms with Crippen LogP contribution in [0.15, 0.2) is 66.2 Å². The lowest BCUT2D eigenvalue weighted by Gasteiger charge is -2.35. The minimum absolute atomic E-state index is 0.0209. The normalized spacial score (nSPS) is 16.6. The van der Waals surface area contributed by atoms with Crippen LogP contribution in [-0.4, -0.2) is 46.3 Å². The Hall–Kier alpha value is -3.11. The highest BCUT2D eigenvalue weighted by atomic mass is 32.2. The molecule has 1 aliphatic heterocycles. The number of hydrogen-bond donors (Lipinski definition) is 1. The molecule has 4 rings (SSSR count). The Morgan fingerprint density at radius 2 is 1.84 bits per heavy atom. The van der Waals surface area contributed by atoms with Crippen LogP contribution < -0.4 is 5.32 Å². The van der Waals surface area contributed by atoms with Crippen molar-refractivity contribution in [1.29, 1.82) is 0 Å². The van der Waals surface area contributed by atoms with Gasteiger partial charge in [-0.15, -0.1) is 0 Å². The molecule has 8 nitrogen and oxygen atoms in total. The van der Waals surface area contributed by atoms with Crippen molar-refractivity contribution in [2.45, 2.75) is 23.9 Å². The Labute approximate surface area is 186 Å². The first-order chi connectivity index (χ1) is 15.4. The van der Waals surface area contributed by atoms with Gasteiger partial charge in [0.2, 0.25) is 0 Å². The van der Waals surface area contributed by atoms with E-state index in [2.05, 4.69) is 15.3 Å². The van der Waals surface area contributed by atoms with E-state index < -0.39 is 27.8 Å². The summed E-state index contributed by atoms with van der Waals surface area (Å²) < 4.78 is 42.9. The minimum atomic E-state index is -3.68. The first kappa shape index (κ1) is 22.1. The highest BCUT2D eigenvalue weighted by Gasteiger charge is 2.35. The minimum Gasteiger partial charge on any atom is -0.343 e. The van der Waals surface area contributed by atoms with Crippen molar-refractivity contribution in [2.24, 2.45) is 13.0 Å². The third kappa shape index (κ3) is 4.56. The number of amides is 1. The second-order valence-corrected chi connectivity index (χ2v) is 9.69. The molecule has 1 atom stereocenters. The van der Waals surface area contributed by atoms with Crippen LogP contribution in [0.25, 0.3) is 0 Å². The Balaban J connectivity index is 1.52. The van der Waals surface area contributed by atoms with E-state index in [-0.39, 0.29) is 16.5 Å². The average molecular weight is 458 g/mol. The number of nitrogens with zero attached hydrogens (tertiary/aromatic N) is 4. The summed E-state index contributed by atoms with van der Waals surface area (Å²) in [5.41, 5.74) is 0.617. The molecule has 0 saturated carbocycles. The number of halogens is 1. The highest BCUT2D eigenvalue weighted by molar-refractivity contribution is 7.89. The van der Waals surface area contributed by atoms with Crippen molar-refractivity contribution in [3.63, 3.8) is 0 Å². The van der Waals surface area contributed by atoms with Crippen molar-refractivity contribution in [3.8, 4) is 0 Å². The summed E-state index contributed by atoms with van der Waals surface area (Å²) >= 11 is 0. The summed E-state index contributed by atoms with van der Waals surface area (Å²) in [6.07, 6.45) is 5.61. The lowest BCUT2D eigenvalue weighted by atomic mass is 9.87. The third-order valence-corrected chi connectivity index (χ3v) is 7.45. The van der Waals surface area contributed by atoms with E-state index in [1.54, 1.807) is 29.9 Å². The van der Waals surface area contributed by atoms with Crippen LogP contribution in [0.5, 0.6) is 0 Å². The van der Waals surface area contributed by atoms with Crippen molar-refractivity contribution in [2.75, 3.05) is 13.1 Å². The van der Waals surface area contributed by atoms with E-state index in [0.29, 0.717) is 31.6 Å². The maximum atomic E-state index is 14.1. The highest BCUT2D eigenvalue weighted by Crippen LogP contribution is 2.32. The van der Waals surface area contributed by atoms with Gasteiger partial charge >= 0.3 is 0 Å². The van der Waals surface area contributed by atoms with Crippen LogP contribution in [0.3, 0.4) is 0 Å². The van der Waals surface area contributed by atoms with E-state index in [1.165, 1.54) is 35.0 Å². The van der Waals surface area contributed by atoms with E-state index in [0.717, 1.165) is 0 Å². The molecule has 0 radical (unpaired) electrons. The van der Waals surface area contributed by atoms with Crippen molar-refractivity contribution < 1.29 is 17.6 Å². The zero-order valence-electron chi connectivity index (χ0n) is 17.6. The van der Waals surface area contributed by atoms with Crippen LogP contribution >= 0.6 is 0 Å². The lowest BCUT2D eigenvalue weighted by Crippen LogP contribution is -2.43. The predicted octanol–water partition coefficient (Wildman–Crippen LogP) is 2.53.